The first-order valence-corrected chi connectivity index (χ1v) is 6.47. The van der Waals surface area contributed by atoms with Crippen LogP contribution < -0.4 is 5.46 Å². The zero-order valence-corrected chi connectivity index (χ0v) is 10.6. The average Bonchev–Trinajstić information content (AvgIpc) is 3.14. The first-order valence-electron chi connectivity index (χ1n) is 6.47. The van der Waals surface area contributed by atoms with Gasteiger partial charge in [0.1, 0.15) is 5.82 Å². The highest BCUT2D eigenvalue weighted by atomic mass is 19.1. The Labute approximate surface area is 107 Å². The second-order valence-electron chi connectivity index (χ2n) is 5.00. The summed E-state index contributed by atoms with van der Waals surface area (Å²) in [5.74, 6) is 0.418. The Morgan fingerprint density at radius 3 is 2.61 bits per heavy atom. The van der Waals surface area contributed by atoms with Gasteiger partial charge in [-0.05, 0) is 36.8 Å². The predicted octanol–water partition coefficient (Wildman–Crippen LogP) is 0.737. The van der Waals surface area contributed by atoms with Crippen molar-refractivity contribution < 1.29 is 14.4 Å². The van der Waals surface area contributed by atoms with Gasteiger partial charge in [-0.3, -0.25) is 4.90 Å². The third kappa shape index (κ3) is 3.54. The minimum absolute atomic E-state index is 0.196. The lowest BCUT2D eigenvalue weighted by molar-refractivity contribution is 0.264. The molecular formula is C13H19BFNO2. The van der Waals surface area contributed by atoms with E-state index in [2.05, 4.69) is 11.8 Å². The normalized spacial score (nSPS) is 15.2. The number of halogens is 1. The van der Waals surface area contributed by atoms with Gasteiger partial charge in [0, 0.05) is 18.7 Å². The van der Waals surface area contributed by atoms with E-state index in [4.69, 9.17) is 10.0 Å². The molecule has 0 radical (unpaired) electrons. The quantitative estimate of drug-likeness (QED) is 0.733. The van der Waals surface area contributed by atoms with Crippen molar-refractivity contribution in [3.05, 3.63) is 29.6 Å². The van der Waals surface area contributed by atoms with Crippen molar-refractivity contribution in [2.75, 3.05) is 13.1 Å². The lowest BCUT2D eigenvalue weighted by Gasteiger charge is -2.20. The fourth-order valence-electron chi connectivity index (χ4n) is 2.06. The fourth-order valence-corrected chi connectivity index (χ4v) is 2.06. The molecule has 0 spiro atoms. The maximum atomic E-state index is 13.8. The molecule has 0 aliphatic heterocycles. The van der Waals surface area contributed by atoms with Crippen molar-refractivity contribution in [1.82, 2.24) is 4.90 Å². The lowest BCUT2D eigenvalue weighted by Crippen LogP contribution is -2.31. The second-order valence-corrected chi connectivity index (χ2v) is 5.00. The van der Waals surface area contributed by atoms with Crippen molar-refractivity contribution in [1.29, 1.82) is 0 Å². The zero-order chi connectivity index (χ0) is 13.1. The molecule has 1 aliphatic rings. The SMILES string of the molecule is CCN(Cc1ccc(B(O)O)cc1F)CC1CC1. The molecule has 0 amide bonds. The smallest absolute Gasteiger partial charge is 0.423 e. The van der Waals surface area contributed by atoms with E-state index in [9.17, 15) is 4.39 Å². The van der Waals surface area contributed by atoms with Crippen LogP contribution in [0.25, 0.3) is 0 Å². The Morgan fingerprint density at radius 2 is 2.11 bits per heavy atom. The highest BCUT2D eigenvalue weighted by Crippen LogP contribution is 2.30. The Bertz CT molecular complexity index is 410. The number of nitrogens with zero attached hydrogens (tertiary/aromatic N) is 1. The van der Waals surface area contributed by atoms with Crippen LogP contribution in [0.15, 0.2) is 18.2 Å². The molecule has 1 aliphatic carbocycles. The van der Waals surface area contributed by atoms with Crippen molar-refractivity contribution in [2.24, 2.45) is 5.92 Å². The summed E-state index contributed by atoms with van der Waals surface area (Å²) in [5.41, 5.74) is 0.809. The molecule has 1 saturated carbocycles. The maximum Gasteiger partial charge on any atom is 0.488 e. The molecule has 2 rings (SSSR count). The van der Waals surface area contributed by atoms with Crippen LogP contribution in [-0.2, 0) is 6.54 Å². The number of hydrogen-bond donors (Lipinski definition) is 2. The van der Waals surface area contributed by atoms with Gasteiger partial charge in [-0.25, -0.2) is 4.39 Å². The van der Waals surface area contributed by atoms with Gasteiger partial charge in [0.05, 0.1) is 0 Å². The summed E-state index contributed by atoms with van der Waals surface area (Å²) in [6.45, 7) is 4.59. The van der Waals surface area contributed by atoms with Gasteiger partial charge in [-0.1, -0.05) is 19.1 Å². The Hall–Kier alpha value is -0.905. The van der Waals surface area contributed by atoms with Gasteiger partial charge in [0.2, 0.25) is 0 Å². The van der Waals surface area contributed by atoms with Crippen molar-refractivity contribution in [2.45, 2.75) is 26.3 Å². The Kier molecular flexibility index (Phi) is 4.38. The number of benzene rings is 1. The van der Waals surface area contributed by atoms with Crippen molar-refractivity contribution >= 4 is 12.6 Å². The minimum Gasteiger partial charge on any atom is -0.423 e. The fraction of sp³-hybridized carbons (Fsp3) is 0.538. The molecule has 2 N–H and O–H groups in total. The molecule has 3 nitrogen and oxygen atoms in total. The van der Waals surface area contributed by atoms with Crippen molar-refractivity contribution in [3.8, 4) is 0 Å². The zero-order valence-electron chi connectivity index (χ0n) is 10.6. The summed E-state index contributed by atoms with van der Waals surface area (Å²) in [4.78, 5) is 2.23. The van der Waals surface area contributed by atoms with Gasteiger partial charge >= 0.3 is 7.12 Å². The van der Waals surface area contributed by atoms with E-state index in [0.29, 0.717) is 12.1 Å². The third-order valence-electron chi connectivity index (χ3n) is 3.43. The monoisotopic (exact) mass is 251 g/mol. The highest BCUT2D eigenvalue weighted by molar-refractivity contribution is 6.58. The number of hydrogen-bond acceptors (Lipinski definition) is 3. The van der Waals surface area contributed by atoms with Crippen LogP contribution in [0.2, 0.25) is 0 Å². The molecule has 1 aromatic rings. The van der Waals surface area contributed by atoms with Gasteiger partial charge in [0.15, 0.2) is 0 Å². The topological polar surface area (TPSA) is 43.7 Å². The Balaban J connectivity index is 2.02. The van der Waals surface area contributed by atoms with Gasteiger partial charge in [-0.2, -0.15) is 0 Å². The summed E-state index contributed by atoms with van der Waals surface area (Å²) < 4.78 is 13.8. The maximum absolute atomic E-state index is 13.8. The molecule has 0 heterocycles. The van der Waals surface area contributed by atoms with Gasteiger partial charge in [-0.15, -0.1) is 0 Å². The summed E-state index contributed by atoms with van der Waals surface area (Å²) in [6, 6.07) is 4.40. The van der Waals surface area contributed by atoms with Crippen LogP contribution in [0.5, 0.6) is 0 Å². The summed E-state index contributed by atoms with van der Waals surface area (Å²) in [7, 11) is -1.61. The van der Waals surface area contributed by atoms with E-state index in [1.54, 1.807) is 12.1 Å². The van der Waals surface area contributed by atoms with Crippen LogP contribution in [0.3, 0.4) is 0 Å². The van der Waals surface area contributed by atoms with E-state index in [0.717, 1.165) is 19.0 Å². The minimum atomic E-state index is -1.61. The molecule has 0 saturated heterocycles. The van der Waals surface area contributed by atoms with Crippen molar-refractivity contribution in [3.63, 3.8) is 0 Å². The summed E-state index contributed by atoms with van der Waals surface area (Å²) in [5, 5.41) is 17.9. The van der Waals surface area contributed by atoms with Crippen LogP contribution in [0.1, 0.15) is 25.3 Å². The molecule has 0 bridgehead atoms. The molecule has 0 unspecified atom stereocenters. The molecule has 0 atom stereocenters. The van der Waals surface area contributed by atoms with Gasteiger partial charge in [0.25, 0.3) is 0 Å². The predicted molar refractivity (Wildman–Crippen MR) is 69.9 cm³/mol. The van der Waals surface area contributed by atoms with E-state index >= 15 is 0 Å². The molecule has 98 valence electrons. The van der Waals surface area contributed by atoms with Crippen LogP contribution in [-0.4, -0.2) is 35.2 Å². The largest absolute Gasteiger partial charge is 0.488 e. The standard InChI is InChI=1S/C13H19BFNO2/c1-2-16(8-10-3-4-10)9-11-5-6-12(14(17)18)7-13(11)15/h5-7,10,17-18H,2-4,8-9H2,1H3. The number of rotatable bonds is 6. The Morgan fingerprint density at radius 1 is 1.39 bits per heavy atom. The first kappa shape index (κ1) is 13.5. The molecule has 1 aromatic carbocycles. The molecule has 18 heavy (non-hydrogen) atoms. The lowest BCUT2D eigenvalue weighted by atomic mass is 9.80. The van der Waals surface area contributed by atoms with Crippen LogP contribution in [0.4, 0.5) is 4.39 Å². The van der Waals surface area contributed by atoms with E-state index in [1.165, 1.54) is 18.9 Å². The van der Waals surface area contributed by atoms with E-state index in [1.807, 2.05) is 0 Å². The highest BCUT2D eigenvalue weighted by Gasteiger charge is 2.24. The summed E-state index contributed by atoms with van der Waals surface area (Å²) >= 11 is 0. The second kappa shape index (κ2) is 5.82. The van der Waals surface area contributed by atoms with E-state index in [-0.39, 0.29) is 11.3 Å². The summed E-state index contributed by atoms with van der Waals surface area (Å²) in [6.07, 6.45) is 2.57. The van der Waals surface area contributed by atoms with Crippen LogP contribution in [0, 0.1) is 11.7 Å². The van der Waals surface area contributed by atoms with Crippen LogP contribution >= 0.6 is 0 Å². The van der Waals surface area contributed by atoms with E-state index < -0.39 is 7.12 Å². The molecule has 1 fully saturated rings. The molecular weight excluding hydrogens is 232 g/mol. The first-order chi connectivity index (χ1) is 8.60. The average molecular weight is 251 g/mol. The third-order valence-corrected chi connectivity index (χ3v) is 3.43. The van der Waals surface area contributed by atoms with Gasteiger partial charge < -0.3 is 10.0 Å². The molecule has 5 heteroatoms. The molecule has 0 aromatic heterocycles.